The summed E-state index contributed by atoms with van der Waals surface area (Å²) in [6.45, 7) is 0.137. The molecule has 0 radical (unpaired) electrons. The van der Waals surface area contributed by atoms with Crippen LogP contribution in [0.1, 0.15) is 5.56 Å². The van der Waals surface area contributed by atoms with E-state index in [1.165, 1.54) is 7.11 Å². The van der Waals surface area contributed by atoms with Crippen LogP contribution >= 0.6 is 11.6 Å². The van der Waals surface area contributed by atoms with Crippen LogP contribution in [0, 0.1) is 0 Å². The van der Waals surface area contributed by atoms with Gasteiger partial charge >= 0.3 is 0 Å². The molecule has 5 rings (SSSR count). The second-order valence-corrected chi connectivity index (χ2v) is 7.53. The fourth-order valence-electron chi connectivity index (χ4n) is 3.63. The van der Waals surface area contributed by atoms with Crippen molar-refractivity contribution in [1.29, 1.82) is 0 Å². The number of carbonyl (C=O) groups is 2. The molecule has 0 atom stereocenters. The van der Waals surface area contributed by atoms with E-state index in [0.717, 1.165) is 4.90 Å². The first-order valence-corrected chi connectivity index (χ1v) is 10.1. The van der Waals surface area contributed by atoms with Gasteiger partial charge in [-0.2, -0.15) is 0 Å². The maximum absolute atomic E-state index is 13.5. The number of halogens is 1. The zero-order valence-corrected chi connectivity index (χ0v) is 17.7. The molecule has 0 bridgehead atoms. The van der Waals surface area contributed by atoms with Gasteiger partial charge in [0.1, 0.15) is 11.4 Å². The molecule has 0 unspecified atom stereocenters. The molecule has 8 heteroatoms. The SMILES string of the molecule is COc1cccc(N2C(=O)C(Nc3ccc4c(c3)OCO4)=C(c3ccc(Cl)cc3)C2=O)c1. The van der Waals surface area contributed by atoms with Gasteiger partial charge in [-0.3, -0.25) is 9.59 Å². The van der Waals surface area contributed by atoms with E-state index in [4.69, 9.17) is 25.8 Å². The lowest BCUT2D eigenvalue weighted by molar-refractivity contribution is -0.120. The summed E-state index contributed by atoms with van der Waals surface area (Å²) >= 11 is 6.03. The highest BCUT2D eigenvalue weighted by molar-refractivity contribution is 6.46. The third kappa shape index (κ3) is 3.42. The number of anilines is 2. The molecule has 3 aromatic rings. The standard InChI is InChI=1S/C24H17ClN2O5/c1-30-18-4-2-3-17(12-18)27-23(28)21(14-5-7-15(25)8-6-14)22(24(27)29)26-16-9-10-19-20(11-16)32-13-31-19/h2-12,26H,13H2,1H3. The Bertz CT molecular complexity index is 1270. The molecule has 2 aliphatic rings. The van der Waals surface area contributed by atoms with Gasteiger partial charge in [0.25, 0.3) is 11.8 Å². The molecule has 0 aromatic heterocycles. The lowest BCUT2D eigenvalue weighted by Gasteiger charge is -2.16. The van der Waals surface area contributed by atoms with Gasteiger partial charge in [-0.25, -0.2) is 4.90 Å². The molecule has 160 valence electrons. The second kappa shape index (κ2) is 7.94. The minimum absolute atomic E-state index is 0.137. The normalized spacial score (nSPS) is 14.9. The quantitative estimate of drug-likeness (QED) is 0.580. The lowest BCUT2D eigenvalue weighted by Crippen LogP contribution is -2.32. The van der Waals surface area contributed by atoms with Gasteiger partial charge in [-0.15, -0.1) is 0 Å². The number of hydrogen-bond acceptors (Lipinski definition) is 6. The van der Waals surface area contributed by atoms with Crippen LogP contribution < -0.4 is 24.4 Å². The van der Waals surface area contributed by atoms with Gasteiger partial charge in [0.05, 0.1) is 18.4 Å². The summed E-state index contributed by atoms with van der Waals surface area (Å²) in [5, 5.41) is 3.64. The maximum Gasteiger partial charge on any atom is 0.282 e. The summed E-state index contributed by atoms with van der Waals surface area (Å²) in [7, 11) is 1.52. The zero-order chi connectivity index (χ0) is 22.2. The molecule has 2 amide bonds. The Morgan fingerprint density at radius 1 is 0.938 bits per heavy atom. The fraction of sp³-hybridized carbons (Fsp3) is 0.0833. The van der Waals surface area contributed by atoms with Gasteiger partial charge in [0.2, 0.25) is 6.79 Å². The Labute approximate surface area is 188 Å². The molecule has 1 N–H and O–H groups in total. The van der Waals surface area contributed by atoms with Gasteiger partial charge in [0.15, 0.2) is 11.5 Å². The number of carbonyl (C=O) groups excluding carboxylic acids is 2. The van der Waals surface area contributed by atoms with Crippen LogP contribution in [0.25, 0.3) is 5.57 Å². The van der Waals surface area contributed by atoms with E-state index in [2.05, 4.69) is 5.32 Å². The molecule has 0 spiro atoms. The van der Waals surface area contributed by atoms with Gasteiger partial charge in [-0.1, -0.05) is 29.8 Å². The number of amides is 2. The van der Waals surface area contributed by atoms with Crippen LogP contribution in [0.4, 0.5) is 11.4 Å². The Morgan fingerprint density at radius 2 is 1.72 bits per heavy atom. The number of rotatable bonds is 5. The summed E-state index contributed by atoms with van der Waals surface area (Å²) in [5.41, 5.74) is 1.96. The Morgan fingerprint density at radius 3 is 2.50 bits per heavy atom. The first kappa shape index (κ1) is 20.0. The van der Waals surface area contributed by atoms with Crippen molar-refractivity contribution in [3.63, 3.8) is 0 Å². The predicted octanol–water partition coefficient (Wildman–Crippen LogP) is 4.47. The topological polar surface area (TPSA) is 77.1 Å². The minimum Gasteiger partial charge on any atom is -0.497 e. The van der Waals surface area contributed by atoms with Crippen molar-refractivity contribution in [3.8, 4) is 17.2 Å². The van der Waals surface area contributed by atoms with Crippen molar-refractivity contribution < 1.29 is 23.8 Å². The van der Waals surface area contributed by atoms with Gasteiger partial charge in [-0.05, 0) is 42.0 Å². The summed E-state index contributed by atoms with van der Waals surface area (Å²) in [6, 6.07) is 18.8. The Balaban J connectivity index is 1.59. The van der Waals surface area contributed by atoms with E-state index in [9.17, 15) is 9.59 Å². The number of nitrogens with zero attached hydrogens (tertiary/aromatic N) is 1. The monoisotopic (exact) mass is 448 g/mol. The number of nitrogens with one attached hydrogen (secondary N) is 1. The van der Waals surface area contributed by atoms with E-state index in [1.807, 2.05) is 0 Å². The van der Waals surface area contributed by atoms with Crippen molar-refractivity contribution in [3.05, 3.63) is 83.0 Å². The highest BCUT2D eigenvalue weighted by atomic mass is 35.5. The van der Waals surface area contributed by atoms with E-state index < -0.39 is 11.8 Å². The number of imide groups is 1. The molecular formula is C24H17ClN2O5. The molecule has 0 saturated carbocycles. The van der Waals surface area contributed by atoms with E-state index in [-0.39, 0.29) is 18.1 Å². The van der Waals surface area contributed by atoms with Gasteiger partial charge < -0.3 is 19.5 Å². The molecular weight excluding hydrogens is 432 g/mol. The highest BCUT2D eigenvalue weighted by Gasteiger charge is 2.40. The average molecular weight is 449 g/mol. The first-order valence-electron chi connectivity index (χ1n) is 9.75. The molecule has 7 nitrogen and oxygen atoms in total. The number of methoxy groups -OCH3 is 1. The smallest absolute Gasteiger partial charge is 0.282 e. The minimum atomic E-state index is -0.481. The highest BCUT2D eigenvalue weighted by Crippen LogP contribution is 2.38. The number of fused-ring (bicyclic) bond motifs is 1. The Kier molecular flexibility index (Phi) is 4.95. The molecule has 0 fully saturated rings. The summed E-state index contributed by atoms with van der Waals surface area (Å²) in [6.07, 6.45) is 0. The molecule has 32 heavy (non-hydrogen) atoms. The average Bonchev–Trinajstić information content (AvgIpc) is 3.36. The largest absolute Gasteiger partial charge is 0.497 e. The zero-order valence-electron chi connectivity index (χ0n) is 16.9. The summed E-state index contributed by atoms with van der Waals surface area (Å²) in [4.78, 5) is 28.1. The predicted molar refractivity (Wildman–Crippen MR) is 120 cm³/mol. The van der Waals surface area contributed by atoms with Crippen LogP contribution in [-0.4, -0.2) is 25.7 Å². The Hall–Kier alpha value is -3.97. The summed E-state index contributed by atoms with van der Waals surface area (Å²) < 4.78 is 16.0. The van der Waals surface area contributed by atoms with Crippen molar-refractivity contribution in [2.45, 2.75) is 0 Å². The van der Waals surface area contributed by atoms with E-state index in [1.54, 1.807) is 66.7 Å². The summed E-state index contributed by atoms with van der Waals surface area (Å²) in [5.74, 6) is 0.785. The van der Waals surface area contributed by atoms with Crippen molar-refractivity contribution >= 4 is 40.4 Å². The first-order chi connectivity index (χ1) is 15.5. The molecule has 0 saturated heterocycles. The maximum atomic E-state index is 13.5. The van der Waals surface area contributed by atoms with E-state index in [0.29, 0.717) is 39.2 Å². The molecule has 2 aliphatic heterocycles. The van der Waals surface area contributed by atoms with Crippen LogP contribution in [0.2, 0.25) is 5.02 Å². The number of hydrogen-bond donors (Lipinski definition) is 1. The van der Waals surface area contributed by atoms with E-state index >= 15 is 0 Å². The molecule has 2 heterocycles. The molecule has 3 aromatic carbocycles. The van der Waals surface area contributed by atoms with Crippen LogP contribution in [-0.2, 0) is 9.59 Å². The number of ether oxygens (including phenoxy) is 3. The lowest BCUT2D eigenvalue weighted by atomic mass is 10.0. The van der Waals surface area contributed by atoms with Crippen molar-refractivity contribution in [2.75, 3.05) is 24.1 Å². The fourth-order valence-corrected chi connectivity index (χ4v) is 3.76. The van der Waals surface area contributed by atoms with Crippen LogP contribution in [0.3, 0.4) is 0 Å². The third-order valence-electron chi connectivity index (χ3n) is 5.17. The van der Waals surface area contributed by atoms with Crippen molar-refractivity contribution in [2.24, 2.45) is 0 Å². The number of benzene rings is 3. The van der Waals surface area contributed by atoms with Crippen LogP contribution in [0.5, 0.6) is 17.2 Å². The van der Waals surface area contributed by atoms with Gasteiger partial charge in [0, 0.05) is 22.8 Å². The third-order valence-corrected chi connectivity index (χ3v) is 5.42. The van der Waals surface area contributed by atoms with Crippen LogP contribution in [0.15, 0.2) is 72.4 Å². The second-order valence-electron chi connectivity index (χ2n) is 7.10. The van der Waals surface area contributed by atoms with Crippen molar-refractivity contribution in [1.82, 2.24) is 0 Å². The molecule has 0 aliphatic carbocycles.